The van der Waals surface area contributed by atoms with Crippen LogP contribution >= 0.6 is 11.3 Å². The normalized spacial score (nSPS) is 14.3. The number of anilines is 1. The van der Waals surface area contributed by atoms with Crippen molar-refractivity contribution in [2.45, 2.75) is 85.4 Å². The average Bonchev–Trinajstić information content (AvgIpc) is 2.77. The zero-order valence-electron chi connectivity index (χ0n) is 15.3. The van der Waals surface area contributed by atoms with Crippen molar-refractivity contribution in [2.24, 2.45) is 0 Å². The molecule has 0 amide bonds. The summed E-state index contributed by atoms with van der Waals surface area (Å²) in [7, 11) is 2.15. The summed E-state index contributed by atoms with van der Waals surface area (Å²) >= 11 is 1.83. The molecule has 0 radical (unpaired) electrons. The molecule has 21 heavy (non-hydrogen) atoms. The van der Waals surface area contributed by atoms with Gasteiger partial charge in [0.1, 0.15) is 0 Å². The third-order valence-electron chi connectivity index (χ3n) is 3.73. The molecule has 1 rings (SSSR count). The molecule has 4 heteroatoms. The van der Waals surface area contributed by atoms with Crippen molar-refractivity contribution in [3.8, 4) is 0 Å². The summed E-state index contributed by atoms with van der Waals surface area (Å²) in [5.74, 6) is 0. The Morgan fingerprint density at radius 2 is 1.76 bits per heavy atom. The zero-order valence-corrected chi connectivity index (χ0v) is 16.1. The minimum Gasteiger partial charge on any atom is -0.348 e. The lowest BCUT2D eigenvalue weighted by Crippen LogP contribution is -2.35. The molecule has 1 aromatic rings. The van der Waals surface area contributed by atoms with Crippen molar-refractivity contribution in [1.29, 1.82) is 0 Å². The molecule has 1 unspecified atom stereocenters. The van der Waals surface area contributed by atoms with Crippen molar-refractivity contribution in [2.75, 3.05) is 11.9 Å². The van der Waals surface area contributed by atoms with Gasteiger partial charge < -0.3 is 10.2 Å². The monoisotopic (exact) mass is 311 g/mol. The molecule has 1 aromatic heterocycles. The minimum absolute atomic E-state index is 0.0833. The van der Waals surface area contributed by atoms with Crippen LogP contribution in [0.5, 0.6) is 0 Å². The summed E-state index contributed by atoms with van der Waals surface area (Å²) in [6.45, 7) is 18.7. The SMILES string of the molecule is CCC(C)N(C)c1nc(C(C)(C)C)c(CNC(C)(C)C)s1. The molecule has 1 heterocycles. The van der Waals surface area contributed by atoms with Gasteiger partial charge in [-0.25, -0.2) is 4.98 Å². The fourth-order valence-electron chi connectivity index (χ4n) is 2.00. The summed E-state index contributed by atoms with van der Waals surface area (Å²) < 4.78 is 0. The summed E-state index contributed by atoms with van der Waals surface area (Å²) in [6, 6.07) is 0.521. The number of nitrogens with zero attached hydrogens (tertiary/aromatic N) is 2. The molecular formula is C17H33N3S. The molecular weight excluding hydrogens is 278 g/mol. The molecule has 0 aliphatic carbocycles. The van der Waals surface area contributed by atoms with E-state index in [1.54, 1.807) is 0 Å². The third-order valence-corrected chi connectivity index (χ3v) is 4.88. The predicted molar refractivity (Wildman–Crippen MR) is 95.6 cm³/mol. The molecule has 0 aliphatic rings. The van der Waals surface area contributed by atoms with Crippen LogP contribution in [-0.2, 0) is 12.0 Å². The summed E-state index contributed by atoms with van der Waals surface area (Å²) in [6.07, 6.45) is 1.14. The van der Waals surface area contributed by atoms with E-state index in [0.29, 0.717) is 6.04 Å². The molecule has 0 saturated heterocycles. The summed E-state index contributed by atoms with van der Waals surface area (Å²) in [5.41, 5.74) is 1.44. The Labute approximate surface area is 135 Å². The van der Waals surface area contributed by atoms with Crippen LogP contribution in [0.15, 0.2) is 0 Å². The summed E-state index contributed by atoms with van der Waals surface area (Å²) in [5, 5.41) is 4.74. The lowest BCUT2D eigenvalue weighted by molar-refractivity contribution is 0.422. The van der Waals surface area contributed by atoms with E-state index < -0.39 is 0 Å². The minimum atomic E-state index is 0.0833. The van der Waals surface area contributed by atoms with Gasteiger partial charge >= 0.3 is 0 Å². The van der Waals surface area contributed by atoms with Crippen LogP contribution in [0.3, 0.4) is 0 Å². The fourth-order valence-corrected chi connectivity index (χ4v) is 3.28. The second-order valence-electron chi connectivity index (χ2n) is 7.99. The highest BCUT2D eigenvalue weighted by Crippen LogP contribution is 2.34. The van der Waals surface area contributed by atoms with Gasteiger partial charge in [0, 0.05) is 35.5 Å². The largest absolute Gasteiger partial charge is 0.348 e. The van der Waals surface area contributed by atoms with E-state index in [2.05, 4.69) is 72.7 Å². The molecule has 122 valence electrons. The quantitative estimate of drug-likeness (QED) is 0.864. The highest BCUT2D eigenvalue weighted by Gasteiger charge is 2.25. The first-order valence-corrected chi connectivity index (χ1v) is 8.75. The van der Waals surface area contributed by atoms with E-state index in [9.17, 15) is 0 Å². The molecule has 0 fully saturated rings. The average molecular weight is 312 g/mol. The van der Waals surface area contributed by atoms with Crippen LogP contribution in [0.4, 0.5) is 5.13 Å². The number of thiazole rings is 1. The number of nitrogens with one attached hydrogen (secondary N) is 1. The topological polar surface area (TPSA) is 28.2 Å². The smallest absolute Gasteiger partial charge is 0.185 e. The van der Waals surface area contributed by atoms with Gasteiger partial charge in [0.15, 0.2) is 5.13 Å². The Hall–Kier alpha value is -0.610. The van der Waals surface area contributed by atoms with E-state index in [-0.39, 0.29) is 11.0 Å². The van der Waals surface area contributed by atoms with Gasteiger partial charge in [-0.3, -0.25) is 0 Å². The molecule has 1 N–H and O–H groups in total. The Balaban J connectivity index is 3.08. The number of aromatic nitrogens is 1. The summed E-state index contributed by atoms with van der Waals surface area (Å²) in [4.78, 5) is 8.63. The number of hydrogen-bond acceptors (Lipinski definition) is 4. The van der Waals surface area contributed by atoms with Gasteiger partial charge in [0.25, 0.3) is 0 Å². The Kier molecular flexibility index (Phi) is 5.84. The second-order valence-corrected chi connectivity index (χ2v) is 9.05. The highest BCUT2D eigenvalue weighted by atomic mass is 32.1. The Morgan fingerprint density at radius 3 is 2.19 bits per heavy atom. The lowest BCUT2D eigenvalue weighted by Gasteiger charge is -2.23. The molecule has 0 saturated carbocycles. The molecule has 1 atom stereocenters. The maximum Gasteiger partial charge on any atom is 0.185 e. The first-order chi connectivity index (χ1) is 9.45. The number of hydrogen-bond donors (Lipinski definition) is 1. The molecule has 3 nitrogen and oxygen atoms in total. The second kappa shape index (κ2) is 6.66. The van der Waals surface area contributed by atoms with E-state index in [1.807, 2.05) is 11.3 Å². The van der Waals surface area contributed by atoms with Gasteiger partial charge in [-0.2, -0.15) is 0 Å². The van der Waals surface area contributed by atoms with E-state index in [4.69, 9.17) is 4.98 Å². The standard InChI is InChI=1S/C17H33N3S/c1-10-12(2)20(9)15-19-14(16(3,4)5)13(21-15)11-18-17(6,7)8/h12,18H,10-11H2,1-9H3. The maximum absolute atomic E-state index is 4.96. The van der Waals surface area contributed by atoms with Crippen LogP contribution in [0.1, 0.15) is 72.4 Å². The first-order valence-electron chi connectivity index (χ1n) is 7.93. The van der Waals surface area contributed by atoms with Crippen molar-refractivity contribution in [1.82, 2.24) is 10.3 Å². The van der Waals surface area contributed by atoms with Crippen molar-refractivity contribution < 1.29 is 0 Å². The molecule has 0 aliphatic heterocycles. The van der Waals surface area contributed by atoms with E-state index >= 15 is 0 Å². The Bertz CT molecular complexity index is 452. The molecule has 0 bridgehead atoms. The number of rotatable bonds is 5. The van der Waals surface area contributed by atoms with Crippen LogP contribution in [0, 0.1) is 0 Å². The van der Waals surface area contributed by atoms with Crippen molar-refractivity contribution in [3.63, 3.8) is 0 Å². The Morgan fingerprint density at radius 1 is 1.19 bits per heavy atom. The fraction of sp³-hybridized carbons (Fsp3) is 0.824. The maximum atomic E-state index is 4.96. The van der Waals surface area contributed by atoms with Gasteiger partial charge in [-0.1, -0.05) is 27.7 Å². The van der Waals surface area contributed by atoms with Gasteiger partial charge in [-0.15, -0.1) is 11.3 Å². The van der Waals surface area contributed by atoms with Gasteiger partial charge in [-0.05, 0) is 34.1 Å². The zero-order chi connectivity index (χ0) is 16.4. The van der Waals surface area contributed by atoms with Crippen LogP contribution in [0.25, 0.3) is 0 Å². The molecule has 0 aromatic carbocycles. The van der Waals surface area contributed by atoms with E-state index in [0.717, 1.165) is 18.1 Å². The molecule has 0 spiro atoms. The third kappa shape index (κ3) is 5.26. The van der Waals surface area contributed by atoms with E-state index in [1.165, 1.54) is 10.6 Å². The van der Waals surface area contributed by atoms with Crippen LogP contribution < -0.4 is 10.2 Å². The predicted octanol–water partition coefficient (Wildman–Crippen LogP) is 4.56. The van der Waals surface area contributed by atoms with Gasteiger partial charge in [0.2, 0.25) is 0 Å². The lowest BCUT2D eigenvalue weighted by atomic mass is 9.91. The van der Waals surface area contributed by atoms with Crippen LogP contribution in [0.2, 0.25) is 0 Å². The first kappa shape index (κ1) is 18.4. The van der Waals surface area contributed by atoms with Crippen LogP contribution in [-0.4, -0.2) is 23.6 Å². The highest BCUT2D eigenvalue weighted by molar-refractivity contribution is 7.15. The van der Waals surface area contributed by atoms with Crippen molar-refractivity contribution in [3.05, 3.63) is 10.6 Å². The van der Waals surface area contributed by atoms with Gasteiger partial charge in [0.05, 0.1) is 5.69 Å². The van der Waals surface area contributed by atoms with Crippen molar-refractivity contribution >= 4 is 16.5 Å².